The summed E-state index contributed by atoms with van der Waals surface area (Å²) in [5.41, 5.74) is 0.852. The van der Waals surface area contributed by atoms with E-state index in [1.54, 1.807) is 30.4 Å². The second-order valence-electron chi connectivity index (χ2n) is 10.2. The van der Waals surface area contributed by atoms with Gasteiger partial charge in [-0.15, -0.1) is 0 Å². The Hall–Kier alpha value is -2.98. The van der Waals surface area contributed by atoms with Crippen LogP contribution in [0.2, 0.25) is 5.02 Å². The van der Waals surface area contributed by atoms with Crippen LogP contribution in [0.15, 0.2) is 24.7 Å². The third-order valence-corrected chi connectivity index (χ3v) is 6.29. The highest BCUT2D eigenvalue weighted by Crippen LogP contribution is 2.29. The quantitative estimate of drug-likeness (QED) is 0.405. The maximum Gasteiger partial charge on any atom is 0.410 e. The summed E-state index contributed by atoms with van der Waals surface area (Å²) >= 11 is 6.11. The standard InChI is InChI=1S/C25H33ClFN7O2/c1-25(2,3)36-24(35)34(4)9-8-28-16-6-5-7-17(11-16)32-23-20(27)14-31-22(33-23)19-13-30-21-18(19)10-15(26)12-29-21/h10,12-14,16-17,28H,5-9,11H2,1-4H3,(H,29,30)(H,31,32,33). The first-order valence-electron chi connectivity index (χ1n) is 12.2. The molecule has 0 aliphatic heterocycles. The maximum absolute atomic E-state index is 14.6. The third-order valence-electron chi connectivity index (χ3n) is 6.08. The number of carbonyl (C=O) groups excluding carboxylic acids is 1. The second-order valence-corrected chi connectivity index (χ2v) is 10.6. The molecule has 0 radical (unpaired) electrons. The van der Waals surface area contributed by atoms with Gasteiger partial charge in [0.1, 0.15) is 11.2 Å². The summed E-state index contributed by atoms with van der Waals surface area (Å²) in [6.07, 6.45) is 7.93. The van der Waals surface area contributed by atoms with Gasteiger partial charge in [0.15, 0.2) is 17.5 Å². The van der Waals surface area contributed by atoms with Gasteiger partial charge < -0.3 is 25.3 Å². The van der Waals surface area contributed by atoms with Crippen molar-refractivity contribution in [3.05, 3.63) is 35.5 Å². The van der Waals surface area contributed by atoms with Crippen LogP contribution in [0.1, 0.15) is 46.5 Å². The van der Waals surface area contributed by atoms with Gasteiger partial charge in [-0.2, -0.15) is 0 Å². The number of carbonyl (C=O) groups is 1. The Morgan fingerprint density at radius 2 is 2.06 bits per heavy atom. The molecule has 194 valence electrons. The average molecular weight is 518 g/mol. The highest BCUT2D eigenvalue weighted by Gasteiger charge is 2.24. The molecule has 0 saturated heterocycles. The van der Waals surface area contributed by atoms with Crippen LogP contribution in [0, 0.1) is 5.82 Å². The van der Waals surface area contributed by atoms with Crippen molar-refractivity contribution >= 4 is 34.5 Å². The zero-order valence-corrected chi connectivity index (χ0v) is 21.8. The number of nitrogens with one attached hydrogen (secondary N) is 3. The largest absolute Gasteiger partial charge is 0.444 e. The van der Waals surface area contributed by atoms with E-state index in [1.165, 1.54) is 6.20 Å². The molecule has 1 aliphatic rings. The minimum atomic E-state index is -0.519. The van der Waals surface area contributed by atoms with Crippen molar-refractivity contribution in [3.63, 3.8) is 0 Å². The molecule has 9 nitrogen and oxygen atoms in total. The van der Waals surface area contributed by atoms with Crippen LogP contribution < -0.4 is 10.6 Å². The van der Waals surface area contributed by atoms with E-state index < -0.39 is 11.4 Å². The minimum absolute atomic E-state index is 0.0659. The summed E-state index contributed by atoms with van der Waals surface area (Å²) in [6, 6.07) is 2.11. The van der Waals surface area contributed by atoms with Gasteiger partial charge in [0, 0.05) is 55.6 Å². The maximum atomic E-state index is 14.6. The molecule has 3 heterocycles. The van der Waals surface area contributed by atoms with E-state index in [0.717, 1.165) is 31.1 Å². The van der Waals surface area contributed by atoms with Crippen LogP contribution in [0.3, 0.4) is 0 Å². The Morgan fingerprint density at radius 1 is 1.28 bits per heavy atom. The number of aromatic nitrogens is 4. The Balaban J connectivity index is 1.35. The fourth-order valence-corrected chi connectivity index (χ4v) is 4.49. The molecular weight excluding hydrogens is 485 g/mol. The van der Waals surface area contributed by atoms with Crippen LogP contribution in [0.25, 0.3) is 22.4 Å². The van der Waals surface area contributed by atoms with Crippen molar-refractivity contribution in [1.82, 2.24) is 30.2 Å². The van der Waals surface area contributed by atoms with Crippen molar-refractivity contribution in [2.45, 2.75) is 64.1 Å². The van der Waals surface area contributed by atoms with Crippen LogP contribution in [0.4, 0.5) is 15.0 Å². The van der Waals surface area contributed by atoms with Gasteiger partial charge in [0.25, 0.3) is 0 Å². The fraction of sp³-hybridized carbons (Fsp3) is 0.520. The van der Waals surface area contributed by atoms with Crippen LogP contribution in [-0.2, 0) is 4.74 Å². The lowest BCUT2D eigenvalue weighted by Gasteiger charge is -2.31. The smallest absolute Gasteiger partial charge is 0.410 e. The summed E-state index contributed by atoms with van der Waals surface area (Å²) in [7, 11) is 1.73. The Morgan fingerprint density at radius 3 is 2.83 bits per heavy atom. The zero-order chi connectivity index (χ0) is 25.9. The molecule has 3 N–H and O–H groups in total. The molecule has 3 aromatic heterocycles. The molecule has 4 rings (SSSR count). The van der Waals surface area contributed by atoms with E-state index in [1.807, 2.05) is 20.8 Å². The third kappa shape index (κ3) is 6.61. The van der Waals surface area contributed by atoms with Crippen molar-refractivity contribution in [2.24, 2.45) is 0 Å². The number of ether oxygens (including phenoxy) is 1. The molecular formula is C25H33ClFN7O2. The predicted octanol–water partition coefficient (Wildman–Crippen LogP) is 4.99. The molecule has 0 aromatic carbocycles. The van der Waals surface area contributed by atoms with Crippen LogP contribution in [0.5, 0.6) is 0 Å². The number of fused-ring (bicyclic) bond motifs is 1. The molecule has 1 saturated carbocycles. The first-order chi connectivity index (χ1) is 17.1. The SMILES string of the molecule is CN(CCNC1CCCC(Nc2nc(-c3c[nH]c4ncc(Cl)cc34)ncc2F)C1)C(=O)OC(C)(C)C. The number of aromatic amines is 1. The average Bonchev–Trinajstić information content (AvgIpc) is 3.22. The number of hydrogen-bond acceptors (Lipinski definition) is 7. The predicted molar refractivity (Wildman–Crippen MR) is 139 cm³/mol. The van der Waals surface area contributed by atoms with Gasteiger partial charge in [0.2, 0.25) is 0 Å². The van der Waals surface area contributed by atoms with E-state index in [2.05, 4.69) is 30.6 Å². The molecule has 1 amide bonds. The topological polar surface area (TPSA) is 108 Å². The van der Waals surface area contributed by atoms with E-state index in [-0.39, 0.29) is 24.0 Å². The van der Waals surface area contributed by atoms with Crippen LogP contribution in [-0.4, -0.2) is 68.8 Å². The summed E-state index contributed by atoms with van der Waals surface area (Å²) in [6.45, 7) is 6.74. The molecule has 1 fully saturated rings. The minimum Gasteiger partial charge on any atom is -0.444 e. The molecule has 0 bridgehead atoms. The lowest BCUT2D eigenvalue weighted by Crippen LogP contribution is -2.43. The number of H-pyrrole nitrogens is 1. The summed E-state index contributed by atoms with van der Waals surface area (Å²) < 4.78 is 20.0. The van der Waals surface area contributed by atoms with Gasteiger partial charge in [-0.1, -0.05) is 11.6 Å². The molecule has 36 heavy (non-hydrogen) atoms. The summed E-state index contributed by atoms with van der Waals surface area (Å²) in [5.74, 6) is 0.0772. The molecule has 3 aromatic rings. The number of pyridine rings is 1. The van der Waals surface area contributed by atoms with Crippen molar-refractivity contribution in [1.29, 1.82) is 0 Å². The Bertz CT molecular complexity index is 1210. The molecule has 2 unspecified atom stereocenters. The van der Waals surface area contributed by atoms with Gasteiger partial charge in [-0.25, -0.2) is 24.1 Å². The number of amides is 1. The fourth-order valence-electron chi connectivity index (χ4n) is 4.33. The van der Waals surface area contributed by atoms with Gasteiger partial charge in [-0.3, -0.25) is 0 Å². The molecule has 1 aliphatic carbocycles. The van der Waals surface area contributed by atoms with Gasteiger partial charge >= 0.3 is 6.09 Å². The number of anilines is 1. The van der Waals surface area contributed by atoms with E-state index in [4.69, 9.17) is 16.3 Å². The van der Waals surface area contributed by atoms with E-state index in [0.29, 0.717) is 35.1 Å². The summed E-state index contributed by atoms with van der Waals surface area (Å²) in [4.78, 5) is 29.7. The Kier molecular flexibility index (Phi) is 7.94. The van der Waals surface area contributed by atoms with Crippen LogP contribution >= 0.6 is 11.6 Å². The first-order valence-corrected chi connectivity index (χ1v) is 12.6. The number of rotatable bonds is 7. The highest BCUT2D eigenvalue weighted by atomic mass is 35.5. The first kappa shape index (κ1) is 26.1. The second kappa shape index (κ2) is 11.0. The summed E-state index contributed by atoms with van der Waals surface area (Å²) in [5, 5.41) is 8.08. The molecule has 2 atom stereocenters. The van der Waals surface area contributed by atoms with Gasteiger partial charge in [0.05, 0.1) is 11.2 Å². The van der Waals surface area contributed by atoms with Gasteiger partial charge in [-0.05, 0) is 52.5 Å². The highest BCUT2D eigenvalue weighted by molar-refractivity contribution is 6.31. The Labute approximate surface area is 215 Å². The number of halogens is 2. The normalized spacial score (nSPS) is 18.3. The molecule has 0 spiro atoms. The van der Waals surface area contributed by atoms with Crippen molar-refractivity contribution in [2.75, 3.05) is 25.5 Å². The van der Waals surface area contributed by atoms with Crippen molar-refractivity contribution in [3.8, 4) is 11.4 Å². The van der Waals surface area contributed by atoms with Crippen molar-refractivity contribution < 1.29 is 13.9 Å². The number of hydrogen-bond donors (Lipinski definition) is 3. The number of likely N-dealkylation sites (N-methyl/N-ethyl adjacent to an activating group) is 1. The monoisotopic (exact) mass is 517 g/mol. The molecule has 11 heteroatoms. The van der Waals surface area contributed by atoms with E-state index in [9.17, 15) is 9.18 Å². The lowest BCUT2D eigenvalue weighted by atomic mass is 9.91. The number of nitrogens with zero attached hydrogens (tertiary/aromatic N) is 4. The van der Waals surface area contributed by atoms with E-state index >= 15 is 0 Å². The lowest BCUT2D eigenvalue weighted by molar-refractivity contribution is 0.0299. The zero-order valence-electron chi connectivity index (χ0n) is 21.1.